The first-order chi connectivity index (χ1) is 9.29. The summed E-state index contributed by atoms with van der Waals surface area (Å²) >= 11 is 1.73. The van der Waals surface area contributed by atoms with Gasteiger partial charge in [-0.3, -0.25) is 4.98 Å². The summed E-state index contributed by atoms with van der Waals surface area (Å²) in [6.07, 6.45) is 0. The molecule has 0 saturated carbocycles. The molecule has 1 aromatic carbocycles. The first-order valence-electron chi connectivity index (χ1n) is 6.35. The van der Waals surface area contributed by atoms with E-state index in [1.807, 2.05) is 13.1 Å². The second kappa shape index (κ2) is 5.11. The van der Waals surface area contributed by atoms with E-state index in [9.17, 15) is 0 Å². The van der Waals surface area contributed by atoms with Crippen LogP contribution in [0.3, 0.4) is 0 Å². The molecule has 3 heteroatoms. The topological polar surface area (TPSA) is 24.9 Å². The van der Waals surface area contributed by atoms with Crippen molar-refractivity contribution in [2.45, 2.75) is 13.0 Å². The Morgan fingerprint density at radius 2 is 2.05 bits per heavy atom. The maximum atomic E-state index is 4.61. The SMILES string of the molecule is CNC(c1ccsc1)c1cc(C)nc2ccccc12. The minimum atomic E-state index is 0.220. The molecule has 0 bridgehead atoms. The molecule has 0 fully saturated rings. The number of nitrogens with zero attached hydrogens (tertiary/aromatic N) is 1. The van der Waals surface area contributed by atoms with Crippen LogP contribution in [0.1, 0.15) is 22.9 Å². The molecule has 3 aromatic rings. The van der Waals surface area contributed by atoms with Crippen LogP contribution in [-0.4, -0.2) is 12.0 Å². The van der Waals surface area contributed by atoms with Gasteiger partial charge in [0.1, 0.15) is 0 Å². The van der Waals surface area contributed by atoms with Crippen molar-refractivity contribution in [3.05, 3.63) is 64.0 Å². The predicted octanol–water partition coefficient (Wildman–Crippen LogP) is 3.91. The fraction of sp³-hybridized carbons (Fsp3) is 0.188. The molecule has 1 N–H and O–H groups in total. The second-order valence-corrected chi connectivity index (χ2v) is 5.43. The molecule has 0 saturated heterocycles. The summed E-state index contributed by atoms with van der Waals surface area (Å²) in [5.41, 5.74) is 4.73. The lowest BCUT2D eigenvalue weighted by Crippen LogP contribution is -2.17. The summed E-state index contributed by atoms with van der Waals surface area (Å²) in [7, 11) is 2.01. The maximum Gasteiger partial charge on any atom is 0.0708 e. The van der Waals surface area contributed by atoms with Gasteiger partial charge >= 0.3 is 0 Å². The number of para-hydroxylation sites is 1. The number of hydrogen-bond acceptors (Lipinski definition) is 3. The zero-order valence-electron chi connectivity index (χ0n) is 11.1. The van der Waals surface area contributed by atoms with Crippen LogP contribution in [0, 0.1) is 6.92 Å². The van der Waals surface area contributed by atoms with Crippen LogP contribution in [0.4, 0.5) is 0 Å². The summed E-state index contributed by atoms with van der Waals surface area (Å²) in [5.74, 6) is 0. The summed E-state index contributed by atoms with van der Waals surface area (Å²) in [4.78, 5) is 4.61. The molecule has 1 atom stereocenters. The van der Waals surface area contributed by atoms with Gasteiger partial charge in [-0.2, -0.15) is 11.3 Å². The van der Waals surface area contributed by atoms with E-state index in [0.29, 0.717) is 0 Å². The third-order valence-corrected chi connectivity index (χ3v) is 4.05. The molecule has 2 heterocycles. The van der Waals surface area contributed by atoms with Crippen LogP contribution in [0.25, 0.3) is 10.9 Å². The molecule has 2 nitrogen and oxygen atoms in total. The first kappa shape index (κ1) is 12.3. The van der Waals surface area contributed by atoms with Gasteiger partial charge in [-0.05, 0) is 54.1 Å². The fourth-order valence-corrected chi connectivity index (χ4v) is 3.21. The quantitative estimate of drug-likeness (QED) is 0.779. The number of thiophene rings is 1. The van der Waals surface area contributed by atoms with Crippen molar-refractivity contribution in [3.63, 3.8) is 0 Å². The number of hydrogen-bond donors (Lipinski definition) is 1. The smallest absolute Gasteiger partial charge is 0.0708 e. The number of benzene rings is 1. The lowest BCUT2D eigenvalue weighted by atomic mass is 9.97. The summed E-state index contributed by atoms with van der Waals surface area (Å²) in [6, 6.07) is 12.9. The first-order valence-corrected chi connectivity index (χ1v) is 7.29. The normalized spacial score (nSPS) is 12.7. The van der Waals surface area contributed by atoms with Gasteiger partial charge in [0.2, 0.25) is 0 Å². The lowest BCUT2D eigenvalue weighted by molar-refractivity contribution is 0.698. The summed E-state index contributed by atoms with van der Waals surface area (Å²) in [6.45, 7) is 2.05. The van der Waals surface area contributed by atoms with E-state index < -0.39 is 0 Å². The Hall–Kier alpha value is -1.71. The van der Waals surface area contributed by atoms with Crippen molar-refractivity contribution >= 4 is 22.2 Å². The van der Waals surface area contributed by atoms with Crippen molar-refractivity contribution in [2.75, 3.05) is 7.05 Å². The minimum Gasteiger partial charge on any atom is -0.309 e. The van der Waals surface area contributed by atoms with E-state index in [-0.39, 0.29) is 6.04 Å². The number of aryl methyl sites for hydroxylation is 1. The second-order valence-electron chi connectivity index (χ2n) is 4.65. The Labute approximate surface area is 117 Å². The standard InChI is InChI=1S/C16H16N2S/c1-11-9-14(13-5-3-4-6-15(13)18-11)16(17-2)12-7-8-19-10-12/h3-10,16-17H,1-2H3. The van der Waals surface area contributed by atoms with Gasteiger partial charge < -0.3 is 5.32 Å². The van der Waals surface area contributed by atoms with Gasteiger partial charge in [-0.15, -0.1) is 0 Å². The number of fused-ring (bicyclic) bond motifs is 1. The highest BCUT2D eigenvalue weighted by molar-refractivity contribution is 7.08. The molecule has 0 aliphatic heterocycles. The average molecular weight is 268 g/mol. The molecular weight excluding hydrogens is 252 g/mol. The Bertz CT molecular complexity index is 689. The van der Waals surface area contributed by atoms with Crippen LogP contribution in [0.15, 0.2) is 47.2 Å². The van der Waals surface area contributed by atoms with Crippen LogP contribution >= 0.6 is 11.3 Å². The van der Waals surface area contributed by atoms with Gasteiger partial charge in [0.05, 0.1) is 11.6 Å². The van der Waals surface area contributed by atoms with Crippen molar-refractivity contribution in [2.24, 2.45) is 0 Å². The average Bonchev–Trinajstić information content (AvgIpc) is 2.93. The van der Waals surface area contributed by atoms with Gasteiger partial charge in [0.15, 0.2) is 0 Å². The van der Waals surface area contributed by atoms with E-state index in [1.165, 1.54) is 16.5 Å². The maximum absolute atomic E-state index is 4.61. The number of rotatable bonds is 3. The molecule has 19 heavy (non-hydrogen) atoms. The predicted molar refractivity (Wildman–Crippen MR) is 81.7 cm³/mol. The largest absolute Gasteiger partial charge is 0.309 e. The molecule has 0 spiro atoms. The molecule has 3 rings (SSSR count). The zero-order valence-corrected chi connectivity index (χ0v) is 11.9. The van der Waals surface area contributed by atoms with Crippen LogP contribution < -0.4 is 5.32 Å². The molecular formula is C16H16N2S. The monoisotopic (exact) mass is 268 g/mol. The van der Waals surface area contributed by atoms with E-state index in [2.05, 4.69) is 58.3 Å². The number of nitrogens with one attached hydrogen (secondary N) is 1. The van der Waals surface area contributed by atoms with Crippen LogP contribution in [0.5, 0.6) is 0 Å². The van der Waals surface area contributed by atoms with Gasteiger partial charge in [0.25, 0.3) is 0 Å². The Balaban J connectivity index is 2.23. The van der Waals surface area contributed by atoms with E-state index in [1.54, 1.807) is 11.3 Å². The van der Waals surface area contributed by atoms with Crippen molar-refractivity contribution < 1.29 is 0 Å². The van der Waals surface area contributed by atoms with Crippen molar-refractivity contribution in [3.8, 4) is 0 Å². The molecule has 2 aromatic heterocycles. The highest BCUT2D eigenvalue weighted by Crippen LogP contribution is 2.29. The highest BCUT2D eigenvalue weighted by Gasteiger charge is 2.16. The lowest BCUT2D eigenvalue weighted by Gasteiger charge is -2.18. The highest BCUT2D eigenvalue weighted by atomic mass is 32.1. The van der Waals surface area contributed by atoms with E-state index in [0.717, 1.165) is 11.2 Å². The molecule has 96 valence electrons. The number of pyridine rings is 1. The van der Waals surface area contributed by atoms with E-state index in [4.69, 9.17) is 0 Å². The Kier molecular flexibility index (Phi) is 3.32. The molecule has 0 aliphatic rings. The summed E-state index contributed by atoms with van der Waals surface area (Å²) < 4.78 is 0. The molecule has 0 amide bonds. The fourth-order valence-electron chi connectivity index (χ4n) is 2.52. The van der Waals surface area contributed by atoms with Gasteiger partial charge in [-0.25, -0.2) is 0 Å². The van der Waals surface area contributed by atoms with Crippen molar-refractivity contribution in [1.29, 1.82) is 0 Å². The number of aromatic nitrogens is 1. The van der Waals surface area contributed by atoms with E-state index >= 15 is 0 Å². The van der Waals surface area contributed by atoms with Crippen molar-refractivity contribution in [1.82, 2.24) is 10.3 Å². The summed E-state index contributed by atoms with van der Waals surface area (Å²) in [5, 5.41) is 8.96. The Morgan fingerprint density at radius 1 is 1.21 bits per heavy atom. The molecule has 1 unspecified atom stereocenters. The molecule has 0 aliphatic carbocycles. The third-order valence-electron chi connectivity index (χ3n) is 3.35. The van der Waals surface area contributed by atoms with Crippen LogP contribution in [0.2, 0.25) is 0 Å². The minimum absolute atomic E-state index is 0.220. The van der Waals surface area contributed by atoms with Crippen LogP contribution in [-0.2, 0) is 0 Å². The zero-order chi connectivity index (χ0) is 13.2. The van der Waals surface area contributed by atoms with Gasteiger partial charge in [-0.1, -0.05) is 18.2 Å². The van der Waals surface area contributed by atoms with Gasteiger partial charge in [0, 0.05) is 11.1 Å². The Morgan fingerprint density at radius 3 is 2.79 bits per heavy atom. The third kappa shape index (κ3) is 2.27. The molecule has 0 radical (unpaired) electrons.